The zero-order valence-corrected chi connectivity index (χ0v) is 17.1. The van der Waals surface area contributed by atoms with Gasteiger partial charge < -0.3 is 14.4 Å². The fourth-order valence-electron chi connectivity index (χ4n) is 3.85. The molecule has 0 spiro atoms. The number of carbonyl (C=O) groups excluding carboxylic acids is 2. The number of benzene rings is 1. The topological polar surface area (TPSA) is 84.9 Å². The summed E-state index contributed by atoms with van der Waals surface area (Å²) in [6.45, 7) is 7.86. The fourth-order valence-corrected chi connectivity index (χ4v) is 3.85. The molecule has 0 unspecified atom stereocenters. The monoisotopic (exact) mass is 398 g/mol. The van der Waals surface area contributed by atoms with Crippen LogP contribution in [0.25, 0.3) is 10.9 Å². The summed E-state index contributed by atoms with van der Waals surface area (Å²) in [6, 6.07) is 5.80. The van der Waals surface area contributed by atoms with Gasteiger partial charge in [-0.25, -0.2) is 19.6 Å². The summed E-state index contributed by atoms with van der Waals surface area (Å²) in [5.74, 6) is 0.252. The van der Waals surface area contributed by atoms with Crippen molar-refractivity contribution in [2.45, 2.75) is 45.1 Å². The van der Waals surface area contributed by atoms with E-state index in [2.05, 4.69) is 9.97 Å². The van der Waals surface area contributed by atoms with Crippen molar-refractivity contribution >= 4 is 28.8 Å². The van der Waals surface area contributed by atoms with Gasteiger partial charge in [0.25, 0.3) is 0 Å². The van der Waals surface area contributed by atoms with Crippen molar-refractivity contribution < 1.29 is 19.1 Å². The van der Waals surface area contributed by atoms with E-state index in [0.29, 0.717) is 26.2 Å². The largest absolute Gasteiger partial charge is 0.447 e. The van der Waals surface area contributed by atoms with Crippen molar-refractivity contribution in [3.8, 4) is 0 Å². The Morgan fingerprint density at radius 3 is 2.59 bits per heavy atom. The van der Waals surface area contributed by atoms with E-state index in [9.17, 15) is 9.59 Å². The van der Waals surface area contributed by atoms with Crippen LogP contribution in [0.2, 0.25) is 0 Å². The quantitative estimate of drug-likeness (QED) is 0.767. The Morgan fingerprint density at radius 2 is 1.93 bits per heavy atom. The maximum Gasteiger partial charge on any atom is 0.414 e. The molecule has 4 rings (SSSR count). The molecule has 29 heavy (non-hydrogen) atoms. The molecule has 3 heterocycles. The number of amides is 2. The van der Waals surface area contributed by atoms with E-state index in [4.69, 9.17) is 9.47 Å². The maximum absolute atomic E-state index is 12.3. The molecule has 0 saturated carbocycles. The van der Waals surface area contributed by atoms with Gasteiger partial charge >= 0.3 is 12.2 Å². The lowest BCUT2D eigenvalue weighted by Gasteiger charge is -2.33. The zero-order chi connectivity index (χ0) is 20.6. The normalized spacial score (nSPS) is 18.2. The number of cyclic esters (lactones) is 1. The number of piperidine rings is 1. The standard InChI is InChI=1S/C21H26N4O4/c1-21(2,3)29-19(26)24-8-6-14(7-9-24)18-16-5-4-15(12-17(16)22-13-23-18)25-10-11-28-20(25)27/h4-5,12-14H,6-11H2,1-3H3. The smallest absolute Gasteiger partial charge is 0.414 e. The van der Waals surface area contributed by atoms with Gasteiger partial charge in [-0.05, 0) is 51.8 Å². The number of anilines is 1. The predicted molar refractivity (Wildman–Crippen MR) is 108 cm³/mol. The molecular formula is C21H26N4O4. The Kier molecular flexibility index (Phi) is 5.02. The lowest BCUT2D eigenvalue weighted by atomic mass is 9.91. The van der Waals surface area contributed by atoms with Crippen LogP contribution >= 0.6 is 0 Å². The molecule has 0 bridgehead atoms. The highest BCUT2D eigenvalue weighted by molar-refractivity contribution is 5.93. The SMILES string of the molecule is CC(C)(C)OC(=O)N1CCC(c2ncnc3cc(N4CCOC4=O)ccc23)CC1. The molecule has 0 radical (unpaired) electrons. The Morgan fingerprint density at radius 1 is 1.17 bits per heavy atom. The maximum atomic E-state index is 12.3. The number of hydrogen-bond donors (Lipinski definition) is 0. The van der Waals surface area contributed by atoms with Crippen LogP contribution in [-0.4, -0.2) is 58.9 Å². The number of nitrogens with zero attached hydrogens (tertiary/aromatic N) is 4. The first-order valence-corrected chi connectivity index (χ1v) is 9.99. The van der Waals surface area contributed by atoms with Crippen molar-refractivity contribution in [1.82, 2.24) is 14.9 Å². The van der Waals surface area contributed by atoms with Crippen LogP contribution in [0.3, 0.4) is 0 Å². The molecule has 2 aliphatic heterocycles. The van der Waals surface area contributed by atoms with Gasteiger partial charge in [-0.2, -0.15) is 0 Å². The average molecular weight is 398 g/mol. The van der Waals surface area contributed by atoms with E-state index in [1.54, 1.807) is 16.1 Å². The highest BCUT2D eigenvalue weighted by Crippen LogP contribution is 2.33. The van der Waals surface area contributed by atoms with E-state index < -0.39 is 5.60 Å². The molecule has 2 aliphatic rings. The van der Waals surface area contributed by atoms with E-state index >= 15 is 0 Å². The van der Waals surface area contributed by atoms with Crippen molar-refractivity contribution in [2.75, 3.05) is 31.1 Å². The van der Waals surface area contributed by atoms with E-state index in [0.717, 1.165) is 35.1 Å². The van der Waals surface area contributed by atoms with Gasteiger partial charge in [0.05, 0.1) is 17.8 Å². The summed E-state index contributed by atoms with van der Waals surface area (Å²) in [5, 5.41) is 0.986. The molecule has 2 saturated heterocycles. The van der Waals surface area contributed by atoms with Gasteiger partial charge in [0, 0.05) is 30.1 Å². The minimum atomic E-state index is -0.490. The molecule has 2 fully saturated rings. The van der Waals surface area contributed by atoms with Crippen LogP contribution in [0.4, 0.5) is 15.3 Å². The van der Waals surface area contributed by atoms with Gasteiger partial charge in [0.2, 0.25) is 0 Å². The summed E-state index contributed by atoms with van der Waals surface area (Å²) in [4.78, 5) is 36.5. The van der Waals surface area contributed by atoms with Crippen molar-refractivity contribution in [3.63, 3.8) is 0 Å². The third-order valence-electron chi connectivity index (χ3n) is 5.26. The van der Waals surface area contributed by atoms with Gasteiger partial charge in [0.1, 0.15) is 18.5 Å². The number of hydrogen-bond acceptors (Lipinski definition) is 6. The first-order valence-electron chi connectivity index (χ1n) is 9.99. The Bertz CT molecular complexity index is 932. The first-order chi connectivity index (χ1) is 13.8. The lowest BCUT2D eigenvalue weighted by Crippen LogP contribution is -2.41. The van der Waals surface area contributed by atoms with Crippen LogP contribution in [-0.2, 0) is 9.47 Å². The molecule has 154 valence electrons. The molecular weight excluding hydrogens is 372 g/mol. The van der Waals surface area contributed by atoms with Gasteiger partial charge in [-0.15, -0.1) is 0 Å². The van der Waals surface area contributed by atoms with Crippen molar-refractivity contribution in [3.05, 3.63) is 30.2 Å². The zero-order valence-electron chi connectivity index (χ0n) is 17.1. The minimum Gasteiger partial charge on any atom is -0.447 e. The van der Waals surface area contributed by atoms with E-state index in [1.165, 1.54) is 0 Å². The van der Waals surface area contributed by atoms with Gasteiger partial charge in [-0.1, -0.05) is 0 Å². The van der Waals surface area contributed by atoms with Crippen LogP contribution in [0.1, 0.15) is 45.2 Å². The Labute approximate surface area is 169 Å². The third kappa shape index (κ3) is 4.11. The first kappa shape index (κ1) is 19.4. The number of ether oxygens (including phenoxy) is 2. The molecule has 8 heteroatoms. The summed E-state index contributed by atoms with van der Waals surface area (Å²) < 4.78 is 10.5. The third-order valence-corrected chi connectivity index (χ3v) is 5.26. The summed E-state index contributed by atoms with van der Waals surface area (Å²) >= 11 is 0. The second kappa shape index (κ2) is 7.50. The van der Waals surface area contributed by atoms with Gasteiger partial charge in [-0.3, -0.25) is 4.90 Å². The number of likely N-dealkylation sites (tertiary alicyclic amines) is 1. The molecule has 8 nitrogen and oxygen atoms in total. The molecule has 2 amide bonds. The highest BCUT2D eigenvalue weighted by Gasteiger charge is 2.29. The summed E-state index contributed by atoms with van der Waals surface area (Å²) in [5.41, 5.74) is 2.09. The molecule has 2 aromatic rings. The lowest BCUT2D eigenvalue weighted by molar-refractivity contribution is 0.0204. The van der Waals surface area contributed by atoms with Crippen molar-refractivity contribution in [1.29, 1.82) is 0 Å². The number of aromatic nitrogens is 2. The minimum absolute atomic E-state index is 0.252. The molecule has 0 atom stereocenters. The second-order valence-electron chi connectivity index (χ2n) is 8.47. The molecule has 1 aromatic carbocycles. The number of rotatable bonds is 2. The predicted octanol–water partition coefficient (Wildman–Crippen LogP) is 3.70. The second-order valence-corrected chi connectivity index (χ2v) is 8.47. The van der Waals surface area contributed by atoms with E-state index in [1.807, 2.05) is 39.0 Å². The molecule has 0 N–H and O–H groups in total. The van der Waals surface area contributed by atoms with Crippen LogP contribution in [0.15, 0.2) is 24.5 Å². The Hall–Kier alpha value is -2.90. The van der Waals surface area contributed by atoms with Crippen LogP contribution in [0, 0.1) is 0 Å². The summed E-state index contributed by atoms with van der Waals surface area (Å²) in [7, 11) is 0. The summed E-state index contributed by atoms with van der Waals surface area (Å²) in [6.07, 6.45) is 2.64. The van der Waals surface area contributed by atoms with Gasteiger partial charge in [0.15, 0.2) is 0 Å². The van der Waals surface area contributed by atoms with Crippen LogP contribution < -0.4 is 4.90 Å². The Balaban J connectivity index is 1.50. The number of fused-ring (bicyclic) bond motifs is 1. The van der Waals surface area contributed by atoms with Crippen LogP contribution in [0.5, 0.6) is 0 Å². The van der Waals surface area contributed by atoms with Crippen molar-refractivity contribution in [2.24, 2.45) is 0 Å². The molecule has 0 aliphatic carbocycles. The number of carbonyl (C=O) groups is 2. The van der Waals surface area contributed by atoms with E-state index in [-0.39, 0.29) is 18.1 Å². The fraction of sp³-hybridized carbons (Fsp3) is 0.524. The average Bonchev–Trinajstić information content (AvgIpc) is 3.12. The highest BCUT2D eigenvalue weighted by atomic mass is 16.6. The molecule has 1 aromatic heterocycles.